The number of hydrogen-bond acceptors (Lipinski definition) is 2. The van der Waals surface area contributed by atoms with E-state index in [0.717, 1.165) is 6.54 Å². The van der Waals surface area contributed by atoms with E-state index in [2.05, 4.69) is 72.1 Å². The maximum atomic E-state index is 12.7. The van der Waals surface area contributed by atoms with Crippen LogP contribution in [0.15, 0.2) is 67.1 Å². The standard InChI is InChI=1S/C24H25N3O/c1-17-9-10-22-20(13-17)21(16-27(22)15-19-7-5-4-6-8-19)18(2)14-23(28)24-25-11-12-26(24)3/h4-13,16,18H,14-15H2,1-3H3. The van der Waals surface area contributed by atoms with Crippen molar-refractivity contribution in [1.29, 1.82) is 0 Å². The van der Waals surface area contributed by atoms with Gasteiger partial charge in [-0.15, -0.1) is 0 Å². The molecule has 1 atom stereocenters. The van der Waals surface area contributed by atoms with Gasteiger partial charge in [0.05, 0.1) is 0 Å². The number of aryl methyl sites for hydroxylation is 2. The zero-order valence-electron chi connectivity index (χ0n) is 16.6. The first kappa shape index (κ1) is 18.2. The van der Waals surface area contributed by atoms with Gasteiger partial charge in [0.2, 0.25) is 0 Å². The highest BCUT2D eigenvalue weighted by molar-refractivity contribution is 5.94. The molecule has 0 N–H and O–H groups in total. The summed E-state index contributed by atoms with van der Waals surface area (Å²) >= 11 is 0. The van der Waals surface area contributed by atoms with Crippen molar-refractivity contribution in [3.63, 3.8) is 0 Å². The molecule has 0 amide bonds. The Balaban J connectivity index is 1.69. The number of carbonyl (C=O) groups is 1. The largest absolute Gasteiger partial charge is 0.343 e. The monoisotopic (exact) mass is 371 g/mol. The summed E-state index contributed by atoms with van der Waals surface area (Å²) in [6, 6.07) is 17.0. The molecule has 0 spiro atoms. The molecule has 0 saturated carbocycles. The molecule has 2 aromatic carbocycles. The first-order valence-corrected chi connectivity index (χ1v) is 9.67. The van der Waals surface area contributed by atoms with Gasteiger partial charge in [-0.1, -0.05) is 48.9 Å². The molecule has 4 nitrogen and oxygen atoms in total. The van der Waals surface area contributed by atoms with Crippen molar-refractivity contribution in [2.24, 2.45) is 7.05 Å². The summed E-state index contributed by atoms with van der Waals surface area (Å²) in [5.41, 5.74) is 4.93. The minimum Gasteiger partial charge on any atom is -0.343 e. The maximum absolute atomic E-state index is 12.7. The number of hydrogen-bond donors (Lipinski definition) is 0. The Morgan fingerprint density at radius 2 is 1.93 bits per heavy atom. The molecule has 2 heterocycles. The van der Waals surface area contributed by atoms with Crippen molar-refractivity contribution in [3.05, 3.63) is 89.6 Å². The summed E-state index contributed by atoms with van der Waals surface area (Å²) in [6.07, 6.45) is 6.15. The molecule has 4 aromatic rings. The van der Waals surface area contributed by atoms with E-state index >= 15 is 0 Å². The van der Waals surface area contributed by atoms with Gasteiger partial charge in [-0.2, -0.15) is 0 Å². The summed E-state index contributed by atoms with van der Waals surface area (Å²) in [4.78, 5) is 16.9. The van der Waals surface area contributed by atoms with Crippen molar-refractivity contribution in [1.82, 2.24) is 14.1 Å². The molecule has 0 aliphatic heterocycles. The second-order valence-electron chi connectivity index (χ2n) is 7.61. The molecular weight excluding hydrogens is 346 g/mol. The lowest BCUT2D eigenvalue weighted by atomic mass is 9.94. The molecule has 0 aliphatic carbocycles. The third kappa shape index (κ3) is 3.50. The highest BCUT2D eigenvalue weighted by Crippen LogP contribution is 2.31. The zero-order chi connectivity index (χ0) is 19.7. The highest BCUT2D eigenvalue weighted by atomic mass is 16.1. The van der Waals surface area contributed by atoms with Crippen LogP contribution in [0.4, 0.5) is 0 Å². The number of carbonyl (C=O) groups excluding carboxylic acids is 1. The van der Waals surface area contributed by atoms with Crippen molar-refractivity contribution in [2.45, 2.75) is 32.7 Å². The summed E-state index contributed by atoms with van der Waals surface area (Å²) in [5.74, 6) is 0.721. The number of rotatable bonds is 6. The van der Waals surface area contributed by atoms with Gasteiger partial charge in [-0.25, -0.2) is 4.98 Å². The Kier molecular flexibility index (Phi) is 4.86. The summed E-state index contributed by atoms with van der Waals surface area (Å²) < 4.78 is 4.08. The highest BCUT2D eigenvalue weighted by Gasteiger charge is 2.20. The van der Waals surface area contributed by atoms with Gasteiger partial charge in [0.25, 0.3) is 0 Å². The second kappa shape index (κ2) is 7.47. The molecule has 4 rings (SSSR count). The van der Waals surface area contributed by atoms with E-state index < -0.39 is 0 Å². The van der Waals surface area contributed by atoms with Crippen LogP contribution in [-0.4, -0.2) is 19.9 Å². The van der Waals surface area contributed by atoms with E-state index in [1.54, 1.807) is 10.8 Å². The Morgan fingerprint density at radius 1 is 1.14 bits per heavy atom. The fraction of sp³-hybridized carbons (Fsp3) is 0.250. The third-order valence-electron chi connectivity index (χ3n) is 5.36. The van der Waals surface area contributed by atoms with Gasteiger partial charge in [0, 0.05) is 49.5 Å². The molecule has 1 unspecified atom stereocenters. The maximum Gasteiger partial charge on any atom is 0.198 e. The van der Waals surface area contributed by atoms with Crippen LogP contribution >= 0.6 is 0 Å². The molecule has 0 bridgehead atoms. The van der Waals surface area contributed by atoms with Gasteiger partial charge in [-0.05, 0) is 36.1 Å². The summed E-state index contributed by atoms with van der Waals surface area (Å²) in [5, 5.41) is 1.23. The summed E-state index contributed by atoms with van der Waals surface area (Å²) in [7, 11) is 1.86. The number of benzene rings is 2. The minimum absolute atomic E-state index is 0.0802. The Bertz CT molecular complexity index is 1120. The van der Waals surface area contributed by atoms with Gasteiger partial charge in [0.15, 0.2) is 11.6 Å². The average Bonchev–Trinajstić information content (AvgIpc) is 3.26. The Labute approximate surface area is 165 Å². The fourth-order valence-electron chi connectivity index (χ4n) is 3.86. The van der Waals surface area contributed by atoms with E-state index in [4.69, 9.17) is 0 Å². The van der Waals surface area contributed by atoms with E-state index in [9.17, 15) is 4.79 Å². The number of Topliss-reactive ketones (excluding diaryl/α,β-unsaturated/α-hetero) is 1. The van der Waals surface area contributed by atoms with Crippen molar-refractivity contribution in [3.8, 4) is 0 Å². The topological polar surface area (TPSA) is 39.8 Å². The molecule has 142 valence electrons. The summed E-state index contributed by atoms with van der Waals surface area (Å²) in [6.45, 7) is 5.06. The smallest absolute Gasteiger partial charge is 0.198 e. The molecule has 2 aromatic heterocycles. The molecule has 28 heavy (non-hydrogen) atoms. The Hall–Kier alpha value is -3.14. The molecule has 4 heteroatoms. The lowest BCUT2D eigenvalue weighted by Crippen LogP contribution is -2.10. The second-order valence-corrected chi connectivity index (χ2v) is 7.61. The van der Waals surface area contributed by atoms with Gasteiger partial charge in [0.1, 0.15) is 0 Å². The van der Waals surface area contributed by atoms with Gasteiger partial charge < -0.3 is 9.13 Å². The lowest BCUT2D eigenvalue weighted by Gasteiger charge is -2.10. The fourth-order valence-corrected chi connectivity index (χ4v) is 3.86. The van der Waals surface area contributed by atoms with Crippen LogP contribution in [0, 0.1) is 6.92 Å². The lowest BCUT2D eigenvalue weighted by molar-refractivity contribution is 0.0962. The van der Waals surface area contributed by atoms with E-state index in [1.165, 1.54) is 27.6 Å². The first-order chi connectivity index (χ1) is 13.5. The van der Waals surface area contributed by atoms with Crippen LogP contribution in [0.25, 0.3) is 10.9 Å². The van der Waals surface area contributed by atoms with E-state index in [0.29, 0.717) is 12.2 Å². The first-order valence-electron chi connectivity index (χ1n) is 9.67. The van der Waals surface area contributed by atoms with E-state index in [1.807, 2.05) is 19.3 Å². The van der Waals surface area contributed by atoms with Crippen molar-refractivity contribution < 1.29 is 4.79 Å². The molecular formula is C24H25N3O. The minimum atomic E-state index is 0.0802. The normalized spacial score (nSPS) is 12.4. The SMILES string of the molecule is Cc1ccc2c(c1)c(C(C)CC(=O)c1nccn1C)cn2Cc1ccccc1. The van der Waals surface area contributed by atoms with E-state index in [-0.39, 0.29) is 11.7 Å². The van der Waals surface area contributed by atoms with Crippen LogP contribution in [-0.2, 0) is 13.6 Å². The predicted octanol–water partition coefficient (Wildman–Crippen LogP) is 5.11. The van der Waals surface area contributed by atoms with Crippen molar-refractivity contribution in [2.75, 3.05) is 0 Å². The van der Waals surface area contributed by atoms with Crippen LogP contribution in [0.1, 0.15) is 46.6 Å². The zero-order valence-corrected chi connectivity index (χ0v) is 16.6. The predicted molar refractivity (Wildman–Crippen MR) is 113 cm³/mol. The van der Waals surface area contributed by atoms with Crippen LogP contribution in [0.2, 0.25) is 0 Å². The van der Waals surface area contributed by atoms with Crippen LogP contribution in [0.5, 0.6) is 0 Å². The number of ketones is 1. The van der Waals surface area contributed by atoms with Crippen LogP contribution < -0.4 is 0 Å². The average molecular weight is 371 g/mol. The number of aromatic nitrogens is 3. The van der Waals surface area contributed by atoms with Crippen LogP contribution in [0.3, 0.4) is 0 Å². The third-order valence-corrected chi connectivity index (χ3v) is 5.36. The molecule has 0 saturated heterocycles. The number of nitrogens with zero attached hydrogens (tertiary/aromatic N) is 3. The molecule has 0 radical (unpaired) electrons. The van der Waals surface area contributed by atoms with Gasteiger partial charge >= 0.3 is 0 Å². The number of fused-ring (bicyclic) bond motifs is 1. The molecule has 0 aliphatic rings. The number of imidazole rings is 1. The van der Waals surface area contributed by atoms with Crippen molar-refractivity contribution >= 4 is 16.7 Å². The Morgan fingerprint density at radius 3 is 2.64 bits per heavy atom. The van der Waals surface area contributed by atoms with Gasteiger partial charge in [-0.3, -0.25) is 4.79 Å². The molecule has 0 fully saturated rings. The quantitative estimate of drug-likeness (QED) is 0.442.